The highest BCUT2D eigenvalue weighted by atomic mass is 35.5. The summed E-state index contributed by atoms with van der Waals surface area (Å²) < 4.78 is 5.45. The van der Waals surface area contributed by atoms with Gasteiger partial charge in [-0.15, -0.1) is 0 Å². The lowest BCUT2D eigenvalue weighted by molar-refractivity contribution is 0.325. The summed E-state index contributed by atoms with van der Waals surface area (Å²) in [6.45, 7) is 2.70. The molecular formula is C11H13ClO. The van der Waals surface area contributed by atoms with Crippen molar-refractivity contribution in [2.75, 3.05) is 6.61 Å². The van der Waals surface area contributed by atoms with E-state index in [0.717, 1.165) is 12.2 Å². The van der Waals surface area contributed by atoms with E-state index in [4.69, 9.17) is 16.3 Å². The molecule has 2 heteroatoms. The van der Waals surface area contributed by atoms with Crippen LogP contribution in [0.25, 0.3) is 0 Å². The van der Waals surface area contributed by atoms with Gasteiger partial charge in [-0.05, 0) is 31.5 Å². The van der Waals surface area contributed by atoms with Gasteiger partial charge in [0, 0.05) is 5.02 Å². The summed E-state index contributed by atoms with van der Waals surface area (Å²) in [5.74, 6) is 0.831. The fourth-order valence-electron chi connectivity index (χ4n) is 0.968. The third kappa shape index (κ3) is 4.00. The molecule has 0 fully saturated rings. The van der Waals surface area contributed by atoms with Crippen molar-refractivity contribution in [2.45, 2.75) is 13.3 Å². The fourth-order valence-corrected chi connectivity index (χ4v) is 1.15. The van der Waals surface area contributed by atoms with Crippen LogP contribution in [0.2, 0.25) is 5.02 Å². The largest absolute Gasteiger partial charge is 0.493 e. The minimum Gasteiger partial charge on any atom is -0.493 e. The van der Waals surface area contributed by atoms with Crippen LogP contribution < -0.4 is 4.74 Å². The van der Waals surface area contributed by atoms with Crippen LogP contribution in [0.1, 0.15) is 13.3 Å². The Hall–Kier alpha value is -0.950. The topological polar surface area (TPSA) is 9.23 Å². The first-order valence-corrected chi connectivity index (χ1v) is 4.70. The summed E-state index contributed by atoms with van der Waals surface area (Å²) in [4.78, 5) is 0. The van der Waals surface area contributed by atoms with Gasteiger partial charge in [-0.25, -0.2) is 0 Å². The van der Waals surface area contributed by atoms with Crippen molar-refractivity contribution in [3.63, 3.8) is 0 Å². The van der Waals surface area contributed by atoms with E-state index in [-0.39, 0.29) is 0 Å². The van der Waals surface area contributed by atoms with E-state index in [0.29, 0.717) is 11.6 Å². The Labute approximate surface area is 84.0 Å². The number of rotatable bonds is 4. The zero-order valence-electron chi connectivity index (χ0n) is 7.66. The van der Waals surface area contributed by atoms with Crippen LogP contribution in [0, 0.1) is 0 Å². The van der Waals surface area contributed by atoms with Crippen LogP contribution in [0.4, 0.5) is 0 Å². The Balaban J connectivity index is 2.36. The third-order valence-corrected chi connectivity index (χ3v) is 1.82. The van der Waals surface area contributed by atoms with Gasteiger partial charge < -0.3 is 4.74 Å². The van der Waals surface area contributed by atoms with Crippen molar-refractivity contribution in [3.8, 4) is 5.75 Å². The van der Waals surface area contributed by atoms with Crippen LogP contribution in [0.15, 0.2) is 36.4 Å². The van der Waals surface area contributed by atoms with Gasteiger partial charge in [-0.3, -0.25) is 0 Å². The molecule has 0 amide bonds. The van der Waals surface area contributed by atoms with Gasteiger partial charge in [0.2, 0.25) is 0 Å². The molecule has 0 saturated carbocycles. The molecule has 0 atom stereocenters. The Kier molecular flexibility index (Phi) is 4.41. The summed E-state index contributed by atoms with van der Waals surface area (Å²) in [5, 5.41) is 0.712. The van der Waals surface area contributed by atoms with E-state index in [1.807, 2.05) is 37.3 Å². The van der Waals surface area contributed by atoms with E-state index >= 15 is 0 Å². The average Bonchev–Trinajstić information content (AvgIpc) is 2.13. The number of ether oxygens (including phenoxy) is 1. The van der Waals surface area contributed by atoms with Crippen LogP contribution in [0.5, 0.6) is 5.75 Å². The molecule has 1 aromatic carbocycles. The highest BCUT2D eigenvalue weighted by Crippen LogP contribution is 2.16. The highest BCUT2D eigenvalue weighted by Gasteiger charge is 1.92. The number of benzene rings is 1. The van der Waals surface area contributed by atoms with Crippen molar-refractivity contribution >= 4 is 11.6 Å². The zero-order valence-corrected chi connectivity index (χ0v) is 8.42. The van der Waals surface area contributed by atoms with Gasteiger partial charge in [-0.1, -0.05) is 29.8 Å². The van der Waals surface area contributed by atoms with Crippen LogP contribution in [0.3, 0.4) is 0 Å². The number of halogens is 1. The Morgan fingerprint density at radius 1 is 1.46 bits per heavy atom. The summed E-state index contributed by atoms with van der Waals surface area (Å²) >= 11 is 5.79. The molecule has 70 valence electrons. The molecule has 0 saturated heterocycles. The quantitative estimate of drug-likeness (QED) is 0.527. The second-order valence-corrected chi connectivity index (χ2v) is 3.10. The Bertz CT molecular complexity index is 281. The molecule has 0 N–H and O–H groups in total. The van der Waals surface area contributed by atoms with Gasteiger partial charge >= 0.3 is 0 Å². The lowest BCUT2D eigenvalue weighted by atomic mass is 10.3. The fraction of sp³-hybridized carbons (Fsp3) is 0.273. The molecule has 0 aliphatic rings. The first kappa shape index (κ1) is 10.1. The summed E-state index contributed by atoms with van der Waals surface area (Å²) in [6, 6.07) is 7.44. The molecule has 0 unspecified atom stereocenters. The van der Waals surface area contributed by atoms with E-state index in [1.54, 1.807) is 0 Å². The molecule has 0 aliphatic heterocycles. The third-order valence-electron chi connectivity index (χ3n) is 1.59. The van der Waals surface area contributed by atoms with E-state index in [9.17, 15) is 0 Å². The number of hydrogen-bond donors (Lipinski definition) is 0. The Morgan fingerprint density at radius 3 is 3.00 bits per heavy atom. The summed E-state index contributed by atoms with van der Waals surface area (Å²) in [5.41, 5.74) is 0. The minimum atomic E-state index is 0.699. The van der Waals surface area contributed by atoms with Crippen molar-refractivity contribution in [2.24, 2.45) is 0 Å². The van der Waals surface area contributed by atoms with Crippen molar-refractivity contribution in [3.05, 3.63) is 41.4 Å². The SMILES string of the molecule is C/C=C/CCOc1cccc(Cl)c1. The molecule has 1 aromatic rings. The zero-order chi connectivity index (χ0) is 9.52. The van der Waals surface area contributed by atoms with Gasteiger partial charge in [-0.2, -0.15) is 0 Å². The molecule has 0 aromatic heterocycles. The van der Waals surface area contributed by atoms with E-state index in [2.05, 4.69) is 6.08 Å². The van der Waals surface area contributed by atoms with Crippen molar-refractivity contribution in [1.82, 2.24) is 0 Å². The first-order valence-electron chi connectivity index (χ1n) is 4.32. The Morgan fingerprint density at radius 2 is 2.31 bits per heavy atom. The number of hydrogen-bond acceptors (Lipinski definition) is 1. The standard InChI is InChI=1S/C11H13ClO/c1-2-3-4-8-13-11-7-5-6-10(12)9-11/h2-3,5-7,9H,4,8H2,1H3/b3-2+. The predicted octanol–water partition coefficient (Wildman–Crippen LogP) is 3.69. The molecule has 0 heterocycles. The van der Waals surface area contributed by atoms with Gasteiger partial charge in [0.25, 0.3) is 0 Å². The van der Waals surface area contributed by atoms with Crippen molar-refractivity contribution < 1.29 is 4.74 Å². The smallest absolute Gasteiger partial charge is 0.120 e. The number of allylic oxidation sites excluding steroid dienone is 1. The second kappa shape index (κ2) is 5.65. The summed E-state index contributed by atoms with van der Waals surface area (Å²) in [6.07, 6.45) is 5.02. The lowest BCUT2D eigenvalue weighted by Crippen LogP contribution is -1.94. The molecule has 0 radical (unpaired) electrons. The maximum absolute atomic E-state index is 5.79. The molecule has 1 nitrogen and oxygen atoms in total. The second-order valence-electron chi connectivity index (χ2n) is 2.66. The van der Waals surface area contributed by atoms with Crippen LogP contribution in [-0.2, 0) is 0 Å². The first-order chi connectivity index (χ1) is 6.33. The van der Waals surface area contributed by atoms with Crippen LogP contribution >= 0.6 is 11.6 Å². The average molecular weight is 197 g/mol. The van der Waals surface area contributed by atoms with Crippen LogP contribution in [-0.4, -0.2) is 6.61 Å². The highest BCUT2D eigenvalue weighted by molar-refractivity contribution is 6.30. The molecule has 13 heavy (non-hydrogen) atoms. The maximum Gasteiger partial charge on any atom is 0.120 e. The minimum absolute atomic E-state index is 0.699. The predicted molar refractivity (Wildman–Crippen MR) is 56.4 cm³/mol. The molecule has 0 aliphatic carbocycles. The van der Waals surface area contributed by atoms with E-state index in [1.165, 1.54) is 0 Å². The molecular weight excluding hydrogens is 184 g/mol. The van der Waals surface area contributed by atoms with Crippen molar-refractivity contribution in [1.29, 1.82) is 0 Å². The van der Waals surface area contributed by atoms with Gasteiger partial charge in [0.05, 0.1) is 6.61 Å². The molecule has 0 spiro atoms. The monoisotopic (exact) mass is 196 g/mol. The van der Waals surface area contributed by atoms with E-state index < -0.39 is 0 Å². The van der Waals surface area contributed by atoms with Gasteiger partial charge in [0.1, 0.15) is 5.75 Å². The summed E-state index contributed by atoms with van der Waals surface area (Å²) in [7, 11) is 0. The van der Waals surface area contributed by atoms with Gasteiger partial charge in [0.15, 0.2) is 0 Å². The molecule has 1 rings (SSSR count). The normalized spacial score (nSPS) is 10.6. The maximum atomic E-state index is 5.79. The lowest BCUT2D eigenvalue weighted by Gasteiger charge is -2.03. The molecule has 0 bridgehead atoms.